The van der Waals surface area contributed by atoms with E-state index in [2.05, 4.69) is 4.98 Å². The fourth-order valence-corrected chi connectivity index (χ4v) is 8.35. The number of hydrogen-bond donors (Lipinski definition) is 1. The van der Waals surface area contributed by atoms with Crippen LogP contribution in [0.25, 0.3) is 0 Å². The summed E-state index contributed by atoms with van der Waals surface area (Å²) in [6.45, 7) is 4.41. The summed E-state index contributed by atoms with van der Waals surface area (Å²) in [4.78, 5) is 21.8. The van der Waals surface area contributed by atoms with Crippen molar-refractivity contribution in [3.8, 4) is 11.5 Å². The molecule has 242 valence electrons. The van der Waals surface area contributed by atoms with E-state index >= 15 is 4.79 Å². The minimum atomic E-state index is -4.50. The molecule has 0 aliphatic carbocycles. The Balaban J connectivity index is 1.70. The van der Waals surface area contributed by atoms with E-state index in [1.807, 2.05) is 30.9 Å². The lowest BCUT2D eigenvalue weighted by atomic mass is 9.79. The minimum absolute atomic E-state index is 0.0656. The van der Waals surface area contributed by atoms with Gasteiger partial charge in [-0.1, -0.05) is 43.1 Å². The van der Waals surface area contributed by atoms with E-state index in [9.17, 15) is 8.42 Å². The summed E-state index contributed by atoms with van der Waals surface area (Å²) < 4.78 is 46.9. The summed E-state index contributed by atoms with van der Waals surface area (Å²) in [6, 6.07) is 13.4. The van der Waals surface area contributed by atoms with Gasteiger partial charge in [-0.2, -0.15) is 0 Å². The third-order valence-corrected chi connectivity index (χ3v) is 11.3. The first kappa shape index (κ1) is 32.3. The number of nitrogens with two attached hydrogens (primary N) is 1. The maximum Gasteiger partial charge on any atom is 0.271 e. The number of nitrogens with zero attached hydrogens (tertiary/aromatic N) is 3. The standard InChI is InChI=1S/C33H34Cl2N4O6S/c1-19(2)30(36)20-7-12-29(44-4)24(16-20)33(38-14-5-6-27(38)31-37-13-15-45-31)23-17-25(34)26(35)18-28(23)39(32(33)40)46(41,42)22-10-8-21(43-3)9-11-22/h7-13,15-19,27,30H,5-6,14,36H2,1-4H3/t27-,30?,33?/m0/s1. The van der Waals surface area contributed by atoms with Crippen molar-refractivity contribution < 1.29 is 27.1 Å². The quantitative estimate of drug-likeness (QED) is 0.211. The van der Waals surface area contributed by atoms with Gasteiger partial charge in [0.2, 0.25) is 5.89 Å². The molecule has 2 N–H and O–H groups in total. The number of carbonyl (C=O) groups excluding carboxylic acids is 1. The fourth-order valence-electron chi connectivity index (χ4n) is 6.57. The summed E-state index contributed by atoms with van der Waals surface area (Å²) in [7, 11) is -1.51. The van der Waals surface area contributed by atoms with E-state index < -0.39 is 27.5 Å². The molecule has 2 aliphatic heterocycles. The fraction of sp³-hybridized carbons (Fsp3) is 0.333. The van der Waals surface area contributed by atoms with E-state index in [-0.39, 0.29) is 32.6 Å². The Morgan fingerprint density at radius 3 is 2.37 bits per heavy atom. The second-order valence-electron chi connectivity index (χ2n) is 11.7. The number of oxazole rings is 1. The summed E-state index contributed by atoms with van der Waals surface area (Å²) >= 11 is 13.2. The van der Waals surface area contributed by atoms with Crippen LogP contribution in [0.15, 0.2) is 76.4 Å². The molecule has 1 fully saturated rings. The number of likely N-dealkylation sites (tertiary alicyclic amines) is 1. The maximum absolute atomic E-state index is 15.5. The van der Waals surface area contributed by atoms with E-state index in [0.717, 1.165) is 9.87 Å². The molecule has 0 spiro atoms. The number of hydrogen-bond acceptors (Lipinski definition) is 9. The van der Waals surface area contributed by atoms with Crippen LogP contribution in [0.5, 0.6) is 11.5 Å². The van der Waals surface area contributed by atoms with E-state index in [0.29, 0.717) is 47.9 Å². The smallest absolute Gasteiger partial charge is 0.271 e. The molecule has 3 atom stereocenters. The molecular formula is C33H34Cl2N4O6S. The third-order valence-electron chi connectivity index (χ3n) is 8.88. The van der Waals surface area contributed by atoms with Gasteiger partial charge < -0.3 is 19.6 Å². The average Bonchev–Trinajstić information content (AvgIpc) is 3.80. The maximum atomic E-state index is 15.5. The van der Waals surface area contributed by atoms with Gasteiger partial charge in [-0.05, 0) is 72.9 Å². The van der Waals surface area contributed by atoms with Crippen molar-refractivity contribution in [2.24, 2.45) is 11.7 Å². The van der Waals surface area contributed by atoms with Crippen molar-refractivity contribution in [2.75, 3.05) is 25.1 Å². The minimum Gasteiger partial charge on any atom is -0.497 e. The predicted molar refractivity (Wildman–Crippen MR) is 175 cm³/mol. The molecule has 10 nitrogen and oxygen atoms in total. The number of benzene rings is 3. The van der Waals surface area contributed by atoms with Crippen molar-refractivity contribution in [1.29, 1.82) is 0 Å². The first-order valence-corrected chi connectivity index (χ1v) is 17.0. The van der Waals surface area contributed by atoms with Crippen LogP contribution < -0.4 is 19.5 Å². The highest BCUT2D eigenvalue weighted by molar-refractivity contribution is 7.93. The molecular weight excluding hydrogens is 651 g/mol. The van der Waals surface area contributed by atoms with Gasteiger partial charge in [-0.25, -0.2) is 17.7 Å². The summed E-state index contributed by atoms with van der Waals surface area (Å²) in [6.07, 6.45) is 4.30. The molecule has 13 heteroatoms. The van der Waals surface area contributed by atoms with Crippen LogP contribution in [0.3, 0.4) is 0 Å². The van der Waals surface area contributed by atoms with Gasteiger partial charge in [-0.15, -0.1) is 0 Å². The van der Waals surface area contributed by atoms with Crippen LogP contribution in [-0.4, -0.2) is 45.0 Å². The predicted octanol–water partition coefficient (Wildman–Crippen LogP) is 6.47. The lowest BCUT2D eigenvalue weighted by molar-refractivity contribution is -0.127. The number of rotatable bonds is 9. The molecule has 0 saturated carbocycles. The molecule has 0 bridgehead atoms. The molecule has 4 aromatic rings. The lowest BCUT2D eigenvalue weighted by Crippen LogP contribution is -2.54. The number of amides is 1. The molecule has 6 rings (SSSR count). The zero-order chi connectivity index (χ0) is 33.0. The van der Waals surface area contributed by atoms with Gasteiger partial charge in [0.25, 0.3) is 15.9 Å². The van der Waals surface area contributed by atoms with Crippen molar-refractivity contribution in [1.82, 2.24) is 9.88 Å². The Kier molecular flexibility index (Phi) is 8.58. The van der Waals surface area contributed by atoms with Crippen LogP contribution in [0.4, 0.5) is 5.69 Å². The van der Waals surface area contributed by atoms with Crippen LogP contribution in [0.1, 0.15) is 61.4 Å². The topological polar surface area (TPSA) is 128 Å². The SMILES string of the molecule is COc1ccc(S(=O)(=O)N2C(=O)C(c3cc(C(N)C(C)C)ccc3OC)(N3CCC[C@H]3c3ncco3)c3cc(Cl)c(Cl)cc32)cc1. The molecule has 2 aliphatic rings. The normalized spacial score (nSPS) is 20.7. The lowest BCUT2D eigenvalue weighted by Gasteiger charge is -2.41. The summed E-state index contributed by atoms with van der Waals surface area (Å²) in [5.74, 6) is 0.549. The number of aromatic nitrogens is 1. The average molecular weight is 686 g/mol. The van der Waals surface area contributed by atoms with Crippen LogP contribution >= 0.6 is 23.2 Å². The van der Waals surface area contributed by atoms with Gasteiger partial charge in [0.15, 0.2) is 5.54 Å². The van der Waals surface area contributed by atoms with E-state index in [1.165, 1.54) is 50.8 Å². The first-order valence-electron chi connectivity index (χ1n) is 14.8. The first-order chi connectivity index (χ1) is 22.0. The van der Waals surface area contributed by atoms with E-state index in [4.69, 9.17) is 42.8 Å². The van der Waals surface area contributed by atoms with Gasteiger partial charge in [0.05, 0.1) is 47.1 Å². The summed E-state index contributed by atoms with van der Waals surface area (Å²) in [5, 5.41) is 0.245. The molecule has 1 aromatic heterocycles. The van der Waals surface area contributed by atoms with Gasteiger partial charge in [-0.3, -0.25) is 9.69 Å². The molecule has 0 radical (unpaired) electrons. The molecule has 2 unspecified atom stereocenters. The molecule has 3 aromatic carbocycles. The van der Waals surface area contributed by atoms with Crippen LogP contribution in [0, 0.1) is 5.92 Å². The largest absolute Gasteiger partial charge is 0.497 e. The number of methoxy groups -OCH3 is 2. The second-order valence-corrected chi connectivity index (χ2v) is 14.3. The van der Waals surface area contributed by atoms with Crippen LogP contribution in [0.2, 0.25) is 10.0 Å². The number of anilines is 1. The van der Waals surface area contributed by atoms with Crippen molar-refractivity contribution in [2.45, 2.75) is 49.2 Å². The Bertz CT molecular complexity index is 1880. The van der Waals surface area contributed by atoms with Crippen LogP contribution in [-0.2, 0) is 20.4 Å². The zero-order valence-electron chi connectivity index (χ0n) is 25.7. The Hall–Kier alpha value is -3.61. The highest BCUT2D eigenvalue weighted by Crippen LogP contribution is 2.57. The van der Waals surface area contributed by atoms with Crippen molar-refractivity contribution in [3.05, 3.63) is 99.7 Å². The van der Waals surface area contributed by atoms with Gasteiger partial charge in [0.1, 0.15) is 17.8 Å². The van der Waals surface area contributed by atoms with E-state index in [1.54, 1.807) is 18.3 Å². The van der Waals surface area contributed by atoms with Crippen molar-refractivity contribution >= 4 is 44.8 Å². The number of carbonyl (C=O) groups is 1. The zero-order valence-corrected chi connectivity index (χ0v) is 28.1. The highest BCUT2D eigenvalue weighted by Gasteiger charge is 2.63. The van der Waals surface area contributed by atoms with Crippen molar-refractivity contribution in [3.63, 3.8) is 0 Å². The monoisotopic (exact) mass is 684 g/mol. The molecule has 46 heavy (non-hydrogen) atoms. The molecule has 1 amide bonds. The Morgan fingerprint density at radius 1 is 1.02 bits per heavy atom. The van der Waals surface area contributed by atoms with Gasteiger partial charge >= 0.3 is 0 Å². The Morgan fingerprint density at radius 2 is 1.74 bits per heavy atom. The summed E-state index contributed by atoms with van der Waals surface area (Å²) in [5.41, 5.74) is 6.46. The highest BCUT2D eigenvalue weighted by atomic mass is 35.5. The molecule has 3 heterocycles. The molecule has 1 saturated heterocycles. The number of halogens is 2. The number of fused-ring (bicyclic) bond motifs is 1. The Labute approximate surface area is 278 Å². The second kappa shape index (κ2) is 12.2. The number of sulfonamides is 1. The number of ether oxygens (including phenoxy) is 2. The third kappa shape index (κ3) is 4.96. The van der Waals surface area contributed by atoms with Gasteiger partial charge in [0, 0.05) is 23.7 Å².